The topological polar surface area (TPSA) is 117 Å². The third kappa shape index (κ3) is 36.3. The van der Waals surface area contributed by atoms with Gasteiger partial charge in [0.15, 0.2) is 18.8 Å². The van der Waals surface area contributed by atoms with Gasteiger partial charge < -0.3 is 15.6 Å². The fourth-order valence-electron chi connectivity index (χ4n) is 5.78. The summed E-state index contributed by atoms with van der Waals surface area (Å²) in [4.78, 5) is 15.6. The van der Waals surface area contributed by atoms with Crippen molar-refractivity contribution >= 4 is 24.4 Å². The molecule has 0 atom stereocenters. The molecule has 5 heterocycles. The minimum atomic E-state index is 0.625. The van der Waals surface area contributed by atoms with Crippen molar-refractivity contribution in [3.63, 3.8) is 0 Å². The second kappa shape index (κ2) is 40.9. The normalized spacial score (nSPS) is 11.5. The largest absolute Gasteiger partial charge is 0.452 e. The van der Waals surface area contributed by atoms with E-state index in [0.29, 0.717) is 12.3 Å². The van der Waals surface area contributed by atoms with E-state index in [1.54, 1.807) is 13.2 Å². The van der Waals surface area contributed by atoms with Gasteiger partial charge in [-0.25, -0.2) is 9.55 Å². The SMILES string of the molecule is CC(=N)c1ccc(C)cc1.CC1=CCC=N1.CC1=CCC=N1.CC1=CCN=C1.CCc1ccc(C)cc1.Cc1cc[n+](C)cc1.Cc1cccc(CN)c1.Cc1ccccc1.Cc1ccccc1.Cc1cocn1. The van der Waals surface area contributed by atoms with Crippen LogP contribution in [0.1, 0.15) is 103 Å². The molecule has 0 aliphatic carbocycles. The summed E-state index contributed by atoms with van der Waals surface area (Å²) in [6, 6.07) is 49.6. The van der Waals surface area contributed by atoms with Gasteiger partial charge in [0.05, 0.1) is 12.2 Å². The number of hydrogen-bond donors (Lipinski definition) is 2. The summed E-state index contributed by atoms with van der Waals surface area (Å²) in [6.07, 6.45) is 22.3. The van der Waals surface area contributed by atoms with E-state index >= 15 is 0 Å². The first-order valence-electron chi connectivity index (χ1n) is 25.3. The Hall–Kier alpha value is -7.68. The molecule has 0 unspecified atom stereocenters. The molecule has 10 rings (SSSR count). The standard InChI is InChI=1S/C9H11N.C9H12.C8H11N.C7H10N.2C7H8.3C5H7N.C4H5NO/c1-7-3-5-9(6-4-7)8(2)10;1-3-9-6-4-8(2)5-7-9;1-7-3-2-4-8(5-7)6-9;1-7-3-5-8(2)6-4-7;2*1-7-5-3-2-4-6-7;1-5-2-3-6-4-5;2*1-5-3-2-4-6-5;1-4-2-6-3-5-4/h3-6,10H,1-2H3;4-7H,3H2,1-2H3;2-5H,6,9H2,1H3;3-6H,1-2H3;2*2-6H,1H3;2,4H,3H2,1H3;2*3-4H,2H2,1H3;2-3H,1H3/q;;;+1;;;;;;. The van der Waals surface area contributed by atoms with Gasteiger partial charge in [0.25, 0.3) is 0 Å². The van der Waals surface area contributed by atoms with Gasteiger partial charge in [-0.3, -0.25) is 15.0 Å². The van der Waals surface area contributed by atoms with Crippen LogP contribution in [0.15, 0.2) is 225 Å². The van der Waals surface area contributed by atoms with Gasteiger partial charge in [-0.1, -0.05) is 186 Å². The van der Waals surface area contributed by atoms with Gasteiger partial charge in [0.2, 0.25) is 0 Å². The van der Waals surface area contributed by atoms with Crippen molar-refractivity contribution in [2.75, 3.05) is 6.54 Å². The number of pyridine rings is 1. The van der Waals surface area contributed by atoms with Crippen molar-refractivity contribution in [3.05, 3.63) is 262 Å². The molecular weight excluding hydrogens is 907 g/mol. The molecule has 0 bridgehead atoms. The molecule has 3 aliphatic rings. The Morgan fingerprint density at radius 2 is 1.04 bits per heavy atom. The van der Waals surface area contributed by atoms with Gasteiger partial charge in [-0.15, -0.1) is 0 Å². The Kier molecular flexibility index (Phi) is 35.5. The van der Waals surface area contributed by atoms with Crippen LogP contribution in [0.3, 0.4) is 0 Å². The van der Waals surface area contributed by atoms with Crippen molar-refractivity contribution in [2.24, 2.45) is 27.8 Å². The van der Waals surface area contributed by atoms with E-state index in [2.05, 4.69) is 164 Å². The zero-order valence-electron chi connectivity index (χ0n) is 46.9. The van der Waals surface area contributed by atoms with Gasteiger partial charge >= 0.3 is 0 Å². The fourth-order valence-corrected chi connectivity index (χ4v) is 5.78. The molecule has 5 aromatic carbocycles. The van der Waals surface area contributed by atoms with Crippen LogP contribution in [0.5, 0.6) is 0 Å². The minimum absolute atomic E-state index is 0.625. The number of nitrogens with one attached hydrogen (secondary N) is 1. The molecule has 8 heteroatoms. The Morgan fingerprint density at radius 1 is 0.568 bits per heavy atom. The van der Waals surface area contributed by atoms with Crippen LogP contribution in [0.2, 0.25) is 0 Å². The zero-order chi connectivity index (χ0) is 54.8. The second-order valence-corrected chi connectivity index (χ2v) is 17.7. The van der Waals surface area contributed by atoms with Crippen molar-refractivity contribution in [1.29, 1.82) is 5.41 Å². The molecule has 8 nitrogen and oxygen atoms in total. The Bertz CT molecular complexity index is 2560. The first-order chi connectivity index (χ1) is 35.5. The predicted molar refractivity (Wildman–Crippen MR) is 320 cm³/mol. The number of oxazole rings is 1. The summed E-state index contributed by atoms with van der Waals surface area (Å²) >= 11 is 0. The van der Waals surface area contributed by atoms with Gasteiger partial charge in [0.1, 0.15) is 13.3 Å². The highest BCUT2D eigenvalue weighted by atomic mass is 16.3. The first-order valence-corrected chi connectivity index (χ1v) is 25.3. The van der Waals surface area contributed by atoms with E-state index in [1.807, 2.05) is 143 Å². The highest BCUT2D eigenvalue weighted by molar-refractivity contribution is 5.96. The van der Waals surface area contributed by atoms with Gasteiger partial charge in [-0.2, -0.15) is 0 Å². The number of aromatic nitrogens is 2. The Labute approximate surface area is 446 Å². The third-order valence-corrected chi connectivity index (χ3v) is 10.4. The van der Waals surface area contributed by atoms with Crippen LogP contribution in [-0.2, 0) is 20.0 Å². The molecule has 3 N–H and O–H groups in total. The molecule has 0 amide bonds. The van der Waals surface area contributed by atoms with E-state index in [9.17, 15) is 0 Å². The number of nitrogens with two attached hydrogens (primary N) is 1. The minimum Gasteiger partial charge on any atom is -0.452 e. The van der Waals surface area contributed by atoms with Crippen LogP contribution in [0.4, 0.5) is 0 Å². The maximum atomic E-state index is 7.31. The number of rotatable bonds is 3. The molecular formula is C66H86N7O+. The lowest BCUT2D eigenvalue weighted by Gasteiger charge is -1.96. The second-order valence-electron chi connectivity index (χ2n) is 17.7. The summed E-state index contributed by atoms with van der Waals surface area (Å²) in [7, 11) is 2.01. The summed E-state index contributed by atoms with van der Waals surface area (Å²) < 4.78 is 6.62. The quantitative estimate of drug-likeness (QED) is 0.136. The Morgan fingerprint density at radius 3 is 1.30 bits per heavy atom. The molecule has 0 radical (unpaired) electrons. The number of hydrogen-bond acceptors (Lipinski definition) is 7. The van der Waals surface area contributed by atoms with Gasteiger partial charge in [-0.05, 0) is 110 Å². The lowest BCUT2D eigenvalue weighted by atomic mass is 10.1. The molecule has 0 fully saturated rings. The molecule has 0 saturated heterocycles. The van der Waals surface area contributed by atoms with E-state index in [1.165, 1.54) is 56.5 Å². The molecule has 0 saturated carbocycles. The fraction of sp³-hybridized carbons (Fsp3) is 0.273. The average Bonchev–Trinajstić information content (AvgIpc) is 4.28. The molecule has 2 aromatic heterocycles. The van der Waals surface area contributed by atoms with E-state index in [4.69, 9.17) is 11.1 Å². The number of aryl methyl sites for hydroxylation is 9. The summed E-state index contributed by atoms with van der Waals surface area (Å²) in [5.74, 6) is 0. The first kappa shape index (κ1) is 64.3. The lowest BCUT2D eigenvalue weighted by molar-refractivity contribution is -0.671. The van der Waals surface area contributed by atoms with Crippen LogP contribution in [0.25, 0.3) is 0 Å². The maximum absolute atomic E-state index is 7.31. The van der Waals surface area contributed by atoms with E-state index in [-0.39, 0.29) is 0 Å². The number of aliphatic imine (C=N–C) groups is 3. The highest BCUT2D eigenvalue weighted by Gasteiger charge is 1.92. The molecule has 7 aromatic rings. The van der Waals surface area contributed by atoms with Crippen molar-refractivity contribution in [3.8, 4) is 0 Å². The smallest absolute Gasteiger partial charge is 0.180 e. The zero-order valence-corrected chi connectivity index (χ0v) is 46.9. The number of nitrogens with zero attached hydrogens (tertiary/aromatic N) is 5. The third-order valence-electron chi connectivity index (χ3n) is 10.4. The monoisotopic (exact) mass is 993 g/mol. The van der Waals surface area contributed by atoms with Crippen LogP contribution < -0.4 is 10.3 Å². The van der Waals surface area contributed by atoms with Crippen molar-refractivity contribution < 1.29 is 8.98 Å². The van der Waals surface area contributed by atoms with Crippen molar-refractivity contribution in [1.82, 2.24) is 4.98 Å². The summed E-state index contributed by atoms with van der Waals surface area (Å²) in [5, 5.41) is 7.31. The Balaban J connectivity index is 0.000000413. The molecule has 0 spiro atoms. The predicted octanol–water partition coefficient (Wildman–Crippen LogP) is 15.9. The lowest BCUT2D eigenvalue weighted by Crippen LogP contribution is -2.25. The molecule has 390 valence electrons. The maximum Gasteiger partial charge on any atom is 0.180 e. The van der Waals surface area contributed by atoms with E-state index < -0.39 is 0 Å². The molecule has 74 heavy (non-hydrogen) atoms. The van der Waals surface area contributed by atoms with Gasteiger partial charge in [0, 0.05) is 67.3 Å². The van der Waals surface area contributed by atoms with Crippen LogP contribution >= 0.6 is 0 Å². The summed E-state index contributed by atoms with van der Waals surface area (Å²) in [5.41, 5.74) is 22.0. The van der Waals surface area contributed by atoms with E-state index in [0.717, 1.165) is 48.5 Å². The van der Waals surface area contributed by atoms with Crippen LogP contribution in [-0.4, -0.2) is 35.9 Å². The summed E-state index contributed by atoms with van der Waals surface area (Å²) in [6.45, 7) is 25.9. The number of allylic oxidation sites excluding steroid dienone is 5. The highest BCUT2D eigenvalue weighted by Crippen LogP contribution is 2.05. The van der Waals surface area contributed by atoms with Crippen molar-refractivity contribution in [2.45, 2.75) is 109 Å². The number of benzene rings is 5. The average molecular weight is 993 g/mol. The van der Waals surface area contributed by atoms with Crippen LogP contribution in [0, 0.1) is 53.9 Å². The molecule has 3 aliphatic heterocycles.